The van der Waals surface area contributed by atoms with Crippen LogP contribution in [0.1, 0.15) is 36.5 Å². The molecule has 0 atom stereocenters. The predicted molar refractivity (Wildman–Crippen MR) is 132 cm³/mol. The van der Waals surface area contributed by atoms with Gasteiger partial charge in [-0.3, -0.25) is 15.0 Å². The van der Waals surface area contributed by atoms with E-state index >= 15 is 0 Å². The number of hydrogen-bond acceptors (Lipinski definition) is 8. The molecule has 4 aromatic heterocycles. The Bertz CT molecular complexity index is 1310. The summed E-state index contributed by atoms with van der Waals surface area (Å²) >= 11 is 0. The maximum Gasteiger partial charge on any atom is 0.154 e. The molecule has 0 aliphatic carbocycles. The van der Waals surface area contributed by atoms with Gasteiger partial charge in [-0.25, -0.2) is 4.98 Å². The van der Waals surface area contributed by atoms with Crippen molar-refractivity contribution >= 4 is 34.5 Å². The molecule has 4 heterocycles. The monoisotopic (exact) mass is 438 g/mol. The van der Waals surface area contributed by atoms with Crippen molar-refractivity contribution in [2.75, 3.05) is 12.4 Å². The highest BCUT2D eigenvalue weighted by Crippen LogP contribution is 2.23. The van der Waals surface area contributed by atoms with Gasteiger partial charge in [0.05, 0.1) is 17.2 Å². The Kier molecular flexibility index (Phi) is 6.64. The Morgan fingerprint density at radius 2 is 1.97 bits per heavy atom. The molecule has 0 radical (unpaired) electrons. The Morgan fingerprint density at radius 3 is 2.73 bits per heavy atom. The molecular formula is C25H26N8. The number of rotatable bonds is 7. The summed E-state index contributed by atoms with van der Waals surface area (Å²) in [6, 6.07) is 11.6. The molecule has 8 heteroatoms. The fourth-order valence-electron chi connectivity index (χ4n) is 3.40. The first-order chi connectivity index (χ1) is 16.0. The Hall–Kier alpha value is -4.20. The van der Waals surface area contributed by atoms with Gasteiger partial charge in [0.2, 0.25) is 0 Å². The summed E-state index contributed by atoms with van der Waals surface area (Å²) < 4.78 is 0. The summed E-state index contributed by atoms with van der Waals surface area (Å²) in [6.07, 6.45) is 9.44. The fraction of sp³-hybridized carbons (Fsp3) is 0.200. The zero-order valence-corrected chi connectivity index (χ0v) is 18.9. The second kappa shape index (κ2) is 9.95. The topological polar surface area (TPSA) is 115 Å². The minimum absolute atomic E-state index is 0.361. The van der Waals surface area contributed by atoms with Gasteiger partial charge >= 0.3 is 0 Å². The summed E-state index contributed by atoms with van der Waals surface area (Å²) in [5, 5.41) is 11.5. The van der Waals surface area contributed by atoms with Gasteiger partial charge in [-0.1, -0.05) is 19.9 Å². The van der Waals surface area contributed by atoms with Crippen LogP contribution in [0.5, 0.6) is 0 Å². The minimum atomic E-state index is 0.361. The highest BCUT2D eigenvalue weighted by atomic mass is 15.2. The van der Waals surface area contributed by atoms with E-state index in [1.165, 1.54) is 0 Å². The number of nitrogens with zero attached hydrogens (tertiary/aromatic N) is 6. The molecule has 0 unspecified atom stereocenters. The van der Waals surface area contributed by atoms with E-state index in [0.29, 0.717) is 29.7 Å². The molecule has 0 aliphatic heterocycles. The number of pyridine rings is 3. The third kappa shape index (κ3) is 5.35. The van der Waals surface area contributed by atoms with Crippen molar-refractivity contribution in [1.29, 1.82) is 0 Å². The van der Waals surface area contributed by atoms with Crippen molar-refractivity contribution in [2.24, 2.45) is 10.7 Å². The maximum absolute atomic E-state index is 6.47. The van der Waals surface area contributed by atoms with Crippen LogP contribution in [0.25, 0.3) is 16.6 Å². The van der Waals surface area contributed by atoms with Gasteiger partial charge in [0.1, 0.15) is 5.82 Å². The molecule has 0 bridgehead atoms. The number of nitrogens with one attached hydrogen (secondary N) is 1. The standard InChI is InChI=1S/C25H26N8/c1-16(2)18-11-25(33-30-14-18)32-24-7-6-22-23(31-24)10-19(13-29-22)20(15-27-3)21(26)9-17-5-4-8-28-12-17/h4-8,10-16H,9,26H2,1-3H3,(H,31,32,33). The maximum atomic E-state index is 6.47. The van der Waals surface area contributed by atoms with E-state index in [1.807, 2.05) is 42.6 Å². The lowest BCUT2D eigenvalue weighted by Crippen LogP contribution is -2.07. The lowest BCUT2D eigenvalue weighted by atomic mass is 10.0. The smallest absolute Gasteiger partial charge is 0.154 e. The Balaban J connectivity index is 1.67. The van der Waals surface area contributed by atoms with Crippen LogP contribution in [0.15, 0.2) is 71.9 Å². The molecule has 0 spiro atoms. The first-order valence-electron chi connectivity index (χ1n) is 10.7. The molecule has 3 N–H and O–H groups in total. The number of anilines is 2. The van der Waals surface area contributed by atoms with Crippen molar-refractivity contribution in [3.8, 4) is 0 Å². The zero-order chi connectivity index (χ0) is 23.2. The number of fused-ring (bicyclic) bond motifs is 1. The van der Waals surface area contributed by atoms with Gasteiger partial charge in [0.25, 0.3) is 0 Å². The first-order valence-corrected chi connectivity index (χ1v) is 10.7. The van der Waals surface area contributed by atoms with Gasteiger partial charge in [0.15, 0.2) is 5.82 Å². The summed E-state index contributed by atoms with van der Waals surface area (Å²) in [5.41, 5.74) is 12.5. The third-order valence-corrected chi connectivity index (χ3v) is 5.17. The van der Waals surface area contributed by atoms with Gasteiger partial charge in [-0.05, 0) is 47.4 Å². The molecule has 4 rings (SSSR count). The van der Waals surface area contributed by atoms with E-state index in [9.17, 15) is 0 Å². The Morgan fingerprint density at radius 1 is 1.09 bits per heavy atom. The van der Waals surface area contributed by atoms with Gasteiger partial charge in [0, 0.05) is 55.1 Å². The van der Waals surface area contributed by atoms with Crippen molar-refractivity contribution in [3.05, 3.63) is 83.6 Å². The second-order valence-electron chi connectivity index (χ2n) is 7.98. The Labute approximate surface area is 192 Å². The molecule has 4 aromatic rings. The van der Waals surface area contributed by atoms with Crippen molar-refractivity contribution < 1.29 is 0 Å². The van der Waals surface area contributed by atoms with Crippen LogP contribution in [0.2, 0.25) is 0 Å². The SMILES string of the molecule is CN=CC(=C(N)Cc1cccnc1)c1cnc2ccc(Nc3cc(C(C)C)cnn3)nc2c1. The molecule has 0 saturated carbocycles. The van der Waals surface area contributed by atoms with E-state index in [0.717, 1.165) is 33.3 Å². The van der Waals surface area contributed by atoms with Crippen LogP contribution in [0.4, 0.5) is 11.6 Å². The number of nitrogens with two attached hydrogens (primary N) is 1. The fourth-order valence-corrected chi connectivity index (χ4v) is 3.40. The number of hydrogen-bond donors (Lipinski definition) is 2. The zero-order valence-electron chi connectivity index (χ0n) is 18.9. The number of aromatic nitrogens is 5. The summed E-state index contributed by atoms with van der Waals surface area (Å²) in [7, 11) is 1.72. The van der Waals surface area contributed by atoms with Crippen LogP contribution in [0.3, 0.4) is 0 Å². The summed E-state index contributed by atoms with van der Waals surface area (Å²) in [5.74, 6) is 1.67. The van der Waals surface area contributed by atoms with Crippen LogP contribution in [-0.4, -0.2) is 38.4 Å². The lowest BCUT2D eigenvalue weighted by Gasteiger charge is -2.11. The van der Waals surface area contributed by atoms with Gasteiger partial charge < -0.3 is 11.1 Å². The third-order valence-electron chi connectivity index (χ3n) is 5.17. The van der Waals surface area contributed by atoms with Crippen LogP contribution >= 0.6 is 0 Å². The second-order valence-corrected chi connectivity index (χ2v) is 7.98. The largest absolute Gasteiger partial charge is 0.401 e. The average Bonchev–Trinajstić information content (AvgIpc) is 2.83. The minimum Gasteiger partial charge on any atom is -0.401 e. The van der Waals surface area contributed by atoms with Crippen LogP contribution < -0.4 is 11.1 Å². The number of allylic oxidation sites excluding steroid dienone is 2. The van der Waals surface area contributed by atoms with Crippen molar-refractivity contribution in [3.63, 3.8) is 0 Å². The van der Waals surface area contributed by atoms with E-state index < -0.39 is 0 Å². The van der Waals surface area contributed by atoms with Crippen molar-refractivity contribution in [1.82, 2.24) is 25.1 Å². The highest BCUT2D eigenvalue weighted by molar-refractivity contribution is 6.11. The van der Waals surface area contributed by atoms with Crippen LogP contribution in [0, 0.1) is 0 Å². The van der Waals surface area contributed by atoms with Gasteiger partial charge in [-0.2, -0.15) is 5.10 Å². The molecule has 0 aliphatic rings. The van der Waals surface area contributed by atoms with E-state index in [-0.39, 0.29) is 0 Å². The molecule has 0 saturated heterocycles. The predicted octanol–water partition coefficient (Wildman–Crippen LogP) is 4.29. The number of aliphatic imine (C=N–C) groups is 1. The van der Waals surface area contributed by atoms with E-state index in [1.54, 1.807) is 31.9 Å². The summed E-state index contributed by atoms with van der Waals surface area (Å²) in [6.45, 7) is 4.24. The first kappa shape index (κ1) is 22.0. The molecule has 0 aromatic carbocycles. The quantitative estimate of drug-likeness (QED) is 0.414. The lowest BCUT2D eigenvalue weighted by molar-refractivity contribution is 0.843. The molecule has 0 amide bonds. The molecule has 0 fully saturated rings. The normalized spacial score (nSPS) is 12.4. The highest BCUT2D eigenvalue weighted by Gasteiger charge is 2.10. The van der Waals surface area contributed by atoms with Crippen LogP contribution in [-0.2, 0) is 6.42 Å². The molecule has 166 valence electrons. The molecule has 33 heavy (non-hydrogen) atoms. The molecule has 8 nitrogen and oxygen atoms in total. The summed E-state index contributed by atoms with van der Waals surface area (Å²) in [4.78, 5) is 17.7. The van der Waals surface area contributed by atoms with E-state index in [2.05, 4.69) is 44.3 Å². The van der Waals surface area contributed by atoms with Crippen molar-refractivity contribution in [2.45, 2.75) is 26.2 Å². The van der Waals surface area contributed by atoms with Gasteiger partial charge in [-0.15, -0.1) is 5.10 Å². The van der Waals surface area contributed by atoms with E-state index in [4.69, 9.17) is 10.7 Å². The molecular weight excluding hydrogens is 412 g/mol. The average molecular weight is 439 g/mol.